The molecular weight excluding hydrogens is 434 g/mol. The van der Waals surface area contributed by atoms with Crippen molar-refractivity contribution < 1.29 is 27.5 Å². The van der Waals surface area contributed by atoms with Gasteiger partial charge in [0, 0.05) is 29.0 Å². The van der Waals surface area contributed by atoms with E-state index in [1.54, 1.807) is 12.1 Å². The van der Waals surface area contributed by atoms with E-state index in [0.29, 0.717) is 5.39 Å². The van der Waals surface area contributed by atoms with E-state index in [4.69, 9.17) is 26.5 Å². The number of rotatable bonds is 8. The first-order valence-corrected chi connectivity index (χ1v) is 9.37. The molecule has 0 saturated carbocycles. The Labute approximate surface area is 180 Å². The van der Waals surface area contributed by atoms with Gasteiger partial charge in [0.25, 0.3) is 5.91 Å². The van der Waals surface area contributed by atoms with Gasteiger partial charge in [0.15, 0.2) is 11.9 Å². The molecule has 8 nitrogen and oxygen atoms in total. The number of hydrogen-bond acceptors (Lipinski definition) is 7. The molecule has 0 aliphatic rings. The van der Waals surface area contributed by atoms with Crippen molar-refractivity contribution in [2.45, 2.75) is 12.6 Å². The molecular formula is C20H17ClF2N4O4. The number of carbonyl (C=O) groups is 2. The van der Waals surface area contributed by atoms with Gasteiger partial charge in [-0.25, -0.2) is 23.5 Å². The number of aromatic nitrogens is 2. The number of esters is 1. The molecule has 31 heavy (non-hydrogen) atoms. The summed E-state index contributed by atoms with van der Waals surface area (Å²) in [5.41, 5.74) is 5.60. The number of furan rings is 1. The molecule has 0 aliphatic heterocycles. The number of halogens is 3. The summed E-state index contributed by atoms with van der Waals surface area (Å²) in [6, 6.07) is 5.97. The fourth-order valence-electron chi connectivity index (χ4n) is 2.68. The number of nitrogens with two attached hydrogens (primary N) is 1. The minimum atomic E-state index is -1.52. The predicted molar refractivity (Wildman–Crippen MR) is 108 cm³/mol. The quantitative estimate of drug-likeness (QED) is 0.400. The molecule has 0 spiro atoms. The van der Waals surface area contributed by atoms with Crippen molar-refractivity contribution in [1.82, 2.24) is 15.3 Å². The summed E-state index contributed by atoms with van der Waals surface area (Å²) < 4.78 is 35.8. The summed E-state index contributed by atoms with van der Waals surface area (Å²) in [4.78, 5) is 32.7. The summed E-state index contributed by atoms with van der Waals surface area (Å²) >= 11 is 6.03. The van der Waals surface area contributed by atoms with Crippen molar-refractivity contribution in [2.75, 3.05) is 13.3 Å². The van der Waals surface area contributed by atoms with Gasteiger partial charge in [0.1, 0.15) is 30.3 Å². The molecule has 0 fully saturated rings. The molecule has 0 bridgehead atoms. The monoisotopic (exact) mass is 450 g/mol. The highest BCUT2D eigenvalue weighted by atomic mass is 35.5. The van der Waals surface area contributed by atoms with Gasteiger partial charge < -0.3 is 20.2 Å². The Kier molecular flexibility index (Phi) is 7.14. The molecule has 2 heterocycles. The number of fused-ring (bicyclic) bond motifs is 1. The van der Waals surface area contributed by atoms with E-state index in [0.717, 1.165) is 6.20 Å². The van der Waals surface area contributed by atoms with Crippen LogP contribution in [0.2, 0.25) is 5.02 Å². The van der Waals surface area contributed by atoms with Crippen LogP contribution in [0.5, 0.6) is 0 Å². The maximum atomic E-state index is 12.7. The van der Waals surface area contributed by atoms with Crippen LogP contribution < -0.4 is 11.1 Å². The number of ether oxygens (including phenoxy) is 1. The van der Waals surface area contributed by atoms with Crippen molar-refractivity contribution in [3.63, 3.8) is 0 Å². The molecule has 0 atom stereocenters. The normalized spacial score (nSPS) is 11.7. The molecule has 3 rings (SSSR count). The molecule has 3 aromatic rings. The van der Waals surface area contributed by atoms with Crippen LogP contribution in [0, 0.1) is 0 Å². The smallest absolute Gasteiger partial charge is 0.342 e. The van der Waals surface area contributed by atoms with Gasteiger partial charge >= 0.3 is 5.97 Å². The molecule has 11 heteroatoms. The zero-order valence-electron chi connectivity index (χ0n) is 16.0. The second-order valence-corrected chi connectivity index (χ2v) is 6.69. The minimum absolute atomic E-state index is 0.0542. The Balaban J connectivity index is 1.79. The average Bonchev–Trinajstić information content (AvgIpc) is 3.19. The topological polar surface area (TPSA) is 120 Å². The lowest BCUT2D eigenvalue weighted by molar-refractivity contribution is -0.115. The third-order valence-electron chi connectivity index (χ3n) is 4.11. The molecule has 0 aliphatic carbocycles. The highest BCUT2D eigenvalue weighted by molar-refractivity contribution is 6.32. The SMILES string of the molecule is N/C=C(/C(=O)NCc1cc2cc(Cl)cc(C(=O)OC(CF)CF)c2o1)c1ncccn1. The maximum Gasteiger partial charge on any atom is 0.342 e. The molecule has 0 radical (unpaired) electrons. The van der Waals surface area contributed by atoms with Gasteiger partial charge in [0.2, 0.25) is 0 Å². The molecule has 1 aromatic carbocycles. The number of alkyl halides is 2. The van der Waals surface area contributed by atoms with Gasteiger partial charge in [-0.15, -0.1) is 0 Å². The van der Waals surface area contributed by atoms with E-state index in [2.05, 4.69) is 15.3 Å². The minimum Gasteiger partial charge on any atom is -0.458 e. The Morgan fingerprint density at radius 1 is 1.23 bits per heavy atom. The van der Waals surface area contributed by atoms with Crippen LogP contribution in [-0.2, 0) is 16.1 Å². The molecule has 3 N–H and O–H groups in total. The molecule has 2 aromatic heterocycles. The van der Waals surface area contributed by atoms with Crippen LogP contribution in [0.4, 0.5) is 8.78 Å². The van der Waals surface area contributed by atoms with Crippen LogP contribution in [0.1, 0.15) is 21.9 Å². The summed E-state index contributed by atoms with van der Waals surface area (Å²) in [7, 11) is 0. The highest BCUT2D eigenvalue weighted by Crippen LogP contribution is 2.28. The fraction of sp³-hybridized carbons (Fsp3) is 0.200. The van der Waals surface area contributed by atoms with Gasteiger partial charge in [0.05, 0.1) is 12.1 Å². The first-order valence-electron chi connectivity index (χ1n) is 8.99. The molecule has 0 unspecified atom stereocenters. The first kappa shape index (κ1) is 22.2. The lowest BCUT2D eigenvalue weighted by Crippen LogP contribution is -2.25. The van der Waals surface area contributed by atoms with Crippen molar-refractivity contribution in [2.24, 2.45) is 5.73 Å². The van der Waals surface area contributed by atoms with Crippen molar-refractivity contribution in [1.29, 1.82) is 0 Å². The van der Waals surface area contributed by atoms with Crippen LogP contribution in [0.25, 0.3) is 16.5 Å². The maximum absolute atomic E-state index is 12.7. The Morgan fingerprint density at radius 2 is 1.94 bits per heavy atom. The summed E-state index contributed by atoms with van der Waals surface area (Å²) in [5, 5.41) is 3.26. The van der Waals surface area contributed by atoms with Gasteiger partial charge in [-0.1, -0.05) is 11.6 Å². The van der Waals surface area contributed by atoms with E-state index in [-0.39, 0.29) is 39.9 Å². The third-order valence-corrected chi connectivity index (χ3v) is 4.33. The number of carbonyl (C=O) groups excluding carboxylic acids is 2. The van der Waals surface area contributed by atoms with Gasteiger partial charge in [-0.05, 0) is 24.3 Å². The fourth-order valence-corrected chi connectivity index (χ4v) is 2.91. The molecule has 0 saturated heterocycles. The lowest BCUT2D eigenvalue weighted by atomic mass is 10.1. The average molecular weight is 451 g/mol. The van der Waals surface area contributed by atoms with E-state index >= 15 is 0 Å². The number of hydrogen-bond donors (Lipinski definition) is 2. The lowest BCUT2D eigenvalue weighted by Gasteiger charge is -2.11. The van der Waals surface area contributed by atoms with E-state index in [1.807, 2.05) is 0 Å². The zero-order valence-corrected chi connectivity index (χ0v) is 16.7. The van der Waals surface area contributed by atoms with Crippen LogP contribution >= 0.6 is 11.6 Å². The zero-order chi connectivity index (χ0) is 22.4. The van der Waals surface area contributed by atoms with Crippen LogP contribution in [-0.4, -0.2) is 41.3 Å². The van der Waals surface area contributed by atoms with E-state index < -0.39 is 31.3 Å². The van der Waals surface area contributed by atoms with E-state index in [1.165, 1.54) is 24.5 Å². The molecule has 1 amide bonds. The summed E-state index contributed by atoms with van der Waals surface area (Å²) in [6.45, 7) is -2.38. The first-order chi connectivity index (χ1) is 15.0. The second-order valence-electron chi connectivity index (χ2n) is 6.26. The number of benzene rings is 1. The van der Waals surface area contributed by atoms with Gasteiger partial charge in [-0.3, -0.25) is 4.79 Å². The largest absolute Gasteiger partial charge is 0.458 e. The predicted octanol–water partition coefficient (Wildman–Crippen LogP) is 2.96. The highest BCUT2D eigenvalue weighted by Gasteiger charge is 2.22. The summed E-state index contributed by atoms with van der Waals surface area (Å²) in [6.07, 6.45) is 2.51. The Bertz CT molecular complexity index is 1120. The summed E-state index contributed by atoms with van der Waals surface area (Å²) in [5.74, 6) is -1.08. The second kappa shape index (κ2) is 9.98. The number of nitrogens with one attached hydrogen (secondary N) is 1. The van der Waals surface area contributed by atoms with E-state index in [9.17, 15) is 18.4 Å². The van der Waals surface area contributed by atoms with Crippen LogP contribution in [0.3, 0.4) is 0 Å². The number of nitrogens with zero attached hydrogens (tertiary/aromatic N) is 2. The standard InChI is InChI=1S/C20H17ClF2N4O4/c21-12-4-11-5-13(10-27-19(28)16(9-24)18-25-2-1-3-26-18)30-17(11)15(6-12)20(29)31-14(7-22)8-23/h1-6,9,14H,7-8,10,24H2,(H,27,28)/b16-9+. The number of amides is 1. The van der Waals surface area contributed by atoms with Gasteiger partial charge in [-0.2, -0.15) is 0 Å². The van der Waals surface area contributed by atoms with Crippen LogP contribution in [0.15, 0.2) is 47.3 Å². The molecule has 162 valence electrons. The Hall–Kier alpha value is -3.53. The van der Waals surface area contributed by atoms with Crippen molar-refractivity contribution >= 4 is 40.0 Å². The van der Waals surface area contributed by atoms with Crippen molar-refractivity contribution in [3.8, 4) is 0 Å². The third kappa shape index (κ3) is 5.15. The van der Waals surface area contributed by atoms with Crippen molar-refractivity contribution in [3.05, 3.63) is 65.0 Å². The Morgan fingerprint density at radius 3 is 2.58 bits per heavy atom.